The lowest BCUT2D eigenvalue weighted by Gasteiger charge is -2.35. The standard InChI is InChI=1S/C15H21NO4/c1-14(2,3)20-13(19)16(5)15(4,10-17)11-8-6-7-9-12(11)18/h6-10,18H,1-5H3. The summed E-state index contributed by atoms with van der Waals surface area (Å²) >= 11 is 0. The van der Waals surface area contributed by atoms with Crippen LogP contribution in [0, 0.1) is 0 Å². The summed E-state index contributed by atoms with van der Waals surface area (Å²) in [6, 6.07) is 6.42. The average Bonchev–Trinajstić information content (AvgIpc) is 2.35. The van der Waals surface area contributed by atoms with Crippen molar-refractivity contribution in [1.82, 2.24) is 4.90 Å². The Balaban J connectivity index is 3.14. The van der Waals surface area contributed by atoms with Crippen molar-refractivity contribution in [2.24, 2.45) is 0 Å². The topological polar surface area (TPSA) is 66.8 Å². The molecule has 1 atom stereocenters. The molecule has 0 spiro atoms. The van der Waals surface area contributed by atoms with Gasteiger partial charge in [-0.3, -0.25) is 4.90 Å². The maximum absolute atomic E-state index is 12.1. The third-order valence-electron chi connectivity index (χ3n) is 3.04. The first-order valence-electron chi connectivity index (χ1n) is 6.33. The largest absolute Gasteiger partial charge is 0.508 e. The van der Waals surface area contributed by atoms with E-state index in [1.54, 1.807) is 45.9 Å². The predicted octanol–water partition coefficient (Wildman–Crippen LogP) is 2.67. The molecule has 1 rings (SSSR count). The molecule has 110 valence electrons. The summed E-state index contributed by atoms with van der Waals surface area (Å²) in [5.74, 6) is -0.0440. The highest BCUT2D eigenvalue weighted by atomic mass is 16.6. The molecule has 0 aliphatic heterocycles. The van der Waals surface area contributed by atoms with Gasteiger partial charge in [0, 0.05) is 12.6 Å². The minimum Gasteiger partial charge on any atom is -0.508 e. The zero-order valence-electron chi connectivity index (χ0n) is 12.5. The third kappa shape index (κ3) is 3.29. The number of ether oxygens (including phenoxy) is 1. The van der Waals surface area contributed by atoms with Crippen LogP contribution >= 0.6 is 0 Å². The number of phenols is 1. The van der Waals surface area contributed by atoms with E-state index in [0.29, 0.717) is 11.8 Å². The van der Waals surface area contributed by atoms with Gasteiger partial charge in [0.1, 0.15) is 23.2 Å². The number of hydrogen-bond donors (Lipinski definition) is 1. The molecule has 20 heavy (non-hydrogen) atoms. The quantitative estimate of drug-likeness (QED) is 0.864. The van der Waals surface area contributed by atoms with Crippen LogP contribution in [0.1, 0.15) is 33.3 Å². The SMILES string of the molecule is CN(C(=O)OC(C)(C)C)C(C)(C=O)c1ccccc1O. The van der Waals surface area contributed by atoms with Crippen LogP contribution in [0.2, 0.25) is 0 Å². The second-order valence-electron chi connectivity index (χ2n) is 5.82. The van der Waals surface area contributed by atoms with Crippen LogP contribution in [0.15, 0.2) is 24.3 Å². The molecule has 0 aromatic heterocycles. The molecular formula is C15H21NO4. The fourth-order valence-electron chi connectivity index (χ4n) is 1.74. The summed E-state index contributed by atoms with van der Waals surface area (Å²) in [6.07, 6.45) is -0.0123. The Morgan fingerprint density at radius 2 is 1.80 bits per heavy atom. The van der Waals surface area contributed by atoms with Crippen LogP contribution in [-0.2, 0) is 15.1 Å². The van der Waals surface area contributed by atoms with Gasteiger partial charge in [-0.15, -0.1) is 0 Å². The van der Waals surface area contributed by atoms with Crippen LogP contribution in [0.4, 0.5) is 4.79 Å². The second kappa shape index (κ2) is 5.53. The van der Waals surface area contributed by atoms with Gasteiger partial charge in [0.25, 0.3) is 0 Å². The van der Waals surface area contributed by atoms with E-state index in [2.05, 4.69) is 0 Å². The number of benzene rings is 1. The zero-order valence-corrected chi connectivity index (χ0v) is 12.5. The van der Waals surface area contributed by atoms with E-state index in [1.807, 2.05) is 0 Å². The Morgan fingerprint density at radius 3 is 2.25 bits per heavy atom. The summed E-state index contributed by atoms with van der Waals surface area (Å²) < 4.78 is 5.26. The van der Waals surface area contributed by atoms with Crippen LogP contribution in [0.25, 0.3) is 0 Å². The summed E-state index contributed by atoms with van der Waals surface area (Å²) in [5, 5.41) is 9.90. The van der Waals surface area contributed by atoms with E-state index < -0.39 is 17.2 Å². The summed E-state index contributed by atoms with van der Waals surface area (Å²) in [5.41, 5.74) is -1.61. The molecule has 0 aliphatic carbocycles. The number of hydrogen-bond acceptors (Lipinski definition) is 4. The average molecular weight is 279 g/mol. The zero-order chi connectivity index (χ0) is 15.6. The molecule has 1 N–H and O–H groups in total. The Bertz CT molecular complexity index is 507. The van der Waals surface area contributed by atoms with E-state index in [1.165, 1.54) is 18.0 Å². The van der Waals surface area contributed by atoms with E-state index in [0.717, 1.165) is 0 Å². The van der Waals surface area contributed by atoms with Gasteiger partial charge in [-0.1, -0.05) is 18.2 Å². The molecule has 0 radical (unpaired) electrons. The number of nitrogens with zero attached hydrogens (tertiary/aromatic N) is 1. The number of para-hydroxylation sites is 1. The van der Waals surface area contributed by atoms with Crippen molar-refractivity contribution in [3.05, 3.63) is 29.8 Å². The van der Waals surface area contributed by atoms with Gasteiger partial charge in [0.05, 0.1) is 0 Å². The number of phenolic OH excluding ortho intramolecular Hbond substituents is 1. The maximum atomic E-state index is 12.1. The molecule has 1 amide bonds. The highest BCUT2D eigenvalue weighted by molar-refractivity contribution is 5.78. The molecule has 0 fully saturated rings. The van der Waals surface area contributed by atoms with Gasteiger partial charge in [0.2, 0.25) is 0 Å². The number of likely N-dealkylation sites (N-methyl/N-ethyl adjacent to an activating group) is 1. The van der Waals surface area contributed by atoms with E-state index in [-0.39, 0.29) is 5.75 Å². The van der Waals surface area contributed by atoms with Gasteiger partial charge < -0.3 is 14.6 Å². The molecule has 0 saturated carbocycles. The summed E-state index contributed by atoms with van der Waals surface area (Å²) in [4.78, 5) is 24.8. The van der Waals surface area contributed by atoms with Crippen LogP contribution in [-0.4, -0.2) is 35.0 Å². The normalized spacial score (nSPS) is 14.2. The summed E-state index contributed by atoms with van der Waals surface area (Å²) in [7, 11) is 1.47. The van der Waals surface area contributed by atoms with Crippen molar-refractivity contribution >= 4 is 12.4 Å². The van der Waals surface area contributed by atoms with E-state index in [9.17, 15) is 14.7 Å². The molecule has 0 bridgehead atoms. The first-order valence-corrected chi connectivity index (χ1v) is 6.33. The van der Waals surface area contributed by atoms with Gasteiger partial charge in [-0.2, -0.15) is 0 Å². The highest BCUT2D eigenvalue weighted by Crippen LogP contribution is 2.32. The number of aromatic hydroxyl groups is 1. The number of carbonyl (C=O) groups excluding carboxylic acids is 2. The number of rotatable bonds is 3. The molecular weight excluding hydrogens is 258 g/mol. The predicted molar refractivity (Wildman–Crippen MR) is 75.5 cm³/mol. The van der Waals surface area contributed by atoms with Crippen molar-refractivity contribution in [3.8, 4) is 5.75 Å². The lowest BCUT2D eigenvalue weighted by Crippen LogP contribution is -2.48. The van der Waals surface area contributed by atoms with Crippen molar-refractivity contribution < 1.29 is 19.4 Å². The highest BCUT2D eigenvalue weighted by Gasteiger charge is 2.38. The summed E-state index contributed by atoms with van der Waals surface area (Å²) in [6.45, 7) is 6.80. The minimum atomic E-state index is -1.30. The van der Waals surface area contributed by atoms with Crippen LogP contribution in [0.3, 0.4) is 0 Å². The maximum Gasteiger partial charge on any atom is 0.411 e. The Morgan fingerprint density at radius 1 is 1.25 bits per heavy atom. The van der Waals surface area contributed by atoms with Crippen molar-refractivity contribution in [3.63, 3.8) is 0 Å². The molecule has 0 heterocycles. The van der Waals surface area contributed by atoms with Crippen molar-refractivity contribution in [2.45, 2.75) is 38.8 Å². The third-order valence-corrected chi connectivity index (χ3v) is 3.04. The molecule has 5 heteroatoms. The first kappa shape index (κ1) is 16.0. The van der Waals surface area contributed by atoms with Crippen LogP contribution < -0.4 is 0 Å². The molecule has 0 saturated heterocycles. The smallest absolute Gasteiger partial charge is 0.411 e. The Labute approximate surface area is 119 Å². The fraction of sp³-hybridized carbons (Fsp3) is 0.467. The van der Waals surface area contributed by atoms with Gasteiger partial charge in [0.15, 0.2) is 0 Å². The first-order chi connectivity index (χ1) is 9.12. The fourth-order valence-corrected chi connectivity index (χ4v) is 1.74. The number of aldehydes is 1. The molecule has 1 aromatic rings. The molecule has 1 unspecified atom stereocenters. The second-order valence-corrected chi connectivity index (χ2v) is 5.82. The monoisotopic (exact) mass is 279 g/mol. The van der Waals surface area contributed by atoms with Crippen molar-refractivity contribution in [2.75, 3.05) is 7.05 Å². The lowest BCUT2D eigenvalue weighted by molar-refractivity contribution is -0.117. The Hall–Kier alpha value is -2.04. The van der Waals surface area contributed by atoms with Crippen LogP contribution in [0.5, 0.6) is 5.75 Å². The van der Waals surface area contributed by atoms with Gasteiger partial charge in [-0.05, 0) is 33.8 Å². The lowest BCUT2D eigenvalue weighted by atomic mass is 9.91. The number of carbonyl (C=O) groups is 2. The van der Waals surface area contributed by atoms with Gasteiger partial charge >= 0.3 is 6.09 Å². The molecule has 0 aliphatic rings. The Kier molecular flexibility index (Phi) is 4.43. The van der Waals surface area contributed by atoms with E-state index >= 15 is 0 Å². The molecule has 1 aromatic carbocycles. The van der Waals surface area contributed by atoms with Gasteiger partial charge in [-0.25, -0.2) is 4.79 Å². The molecule has 5 nitrogen and oxygen atoms in total. The minimum absolute atomic E-state index is 0.0440. The van der Waals surface area contributed by atoms with Crippen molar-refractivity contribution in [1.29, 1.82) is 0 Å². The number of amides is 1. The van der Waals surface area contributed by atoms with E-state index in [4.69, 9.17) is 4.74 Å².